The largest absolute Gasteiger partial charge is 0.465 e. The van der Waals surface area contributed by atoms with Crippen LogP contribution >= 0.6 is 0 Å². The highest BCUT2D eigenvalue weighted by atomic mass is 16.7. The lowest BCUT2D eigenvalue weighted by molar-refractivity contribution is -0.213. The molecule has 42 heavy (non-hydrogen) atoms. The Morgan fingerprint density at radius 3 is 2.43 bits per heavy atom. The molecule has 0 amide bonds. The van der Waals surface area contributed by atoms with Crippen LogP contribution in [0.25, 0.3) is 0 Å². The molecule has 2 aromatic carbocycles. The van der Waals surface area contributed by atoms with E-state index in [-0.39, 0.29) is 30.7 Å². The van der Waals surface area contributed by atoms with Crippen molar-refractivity contribution in [2.45, 2.75) is 108 Å². The SMILES string of the molecule is C[C@]12C[C@H](c3ccc(C#CCO)cc3)C3c4ccc(OC5CCCCO5)cc4CCC3C1CC[C@@H]2OC1CCCCO1. The molecule has 5 aliphatic rings. The predicted molar refractivity (Wildman–Crippen MR) is 162 cm³/mol. The van der Waals surface area contributed by atoms with E-state index in [0.29, 0.717) is 23.7 Å². The Morgan fingerprint density at radius 1 is 0.905 bits per heavy atom. The second-order valence-electron chi connectivity index (χ2n) is 13.5. The first-order chi connectivity index (χ1) is 20.6. The van der Waals surface area contributed by atoms with E-state index in [1.165, 1.54) is 42.4 Å². The van der Waals surface area contributed by atoms with E-state index in [9.17, 15) is 0 Å². The van der Waals surface area contributed by atoms with Gasteiger partial charge in [-0.2, -0.15) is 0 Å². The van der Waals surface area contributed by atoms with Crippen molar-refractivity contribution >= 4 is 0 Å². The summed E-state index contributed by atoms with van der Waals surface area (Å²) in [5, 5.41) is 9.17. The van der Waals surface area contributed by atoms with Gasteiger partial charge in [0.15, 0.2) is 12.6 Å². The standard InChI is InChI=1S/C37H46O5/c1-37-24-31(26-12-10-25(11-13-26)7-6-20-38)36-29-17-15-28(41-34-8-2-4-21-39-34)23-27(29)14-16-30(36)32(37)18-19-33(37)42-35-9-3-5-22-40-35/h10-13,15,17,23,30-36,38H,2-5,8-9,14,16,18-22,24H2,1H3/t30?,31-,32?,33+,34?,35?,36?,37+/m1/s1. The number of hydrogen-bond donors (Lipinski definition) is 1. The molecule has 8 atom stereocenters. The van der Waals surface area contributed by atoms with Crippen LogP contribution in [0.1, 0.15) is 105 Å². The zero-order chi connectivity index (χ0) is 28.5. The van der Waals surface area contributed by atoms with Gasteiger partial charge in [0, 0.05) is 18.6 Å². The van der Waals surface area contributed by atoms with Gasteiger partial charge in [0.25, 0.3) is 0 Å². The van der Waals surface area contributed by atoms with Gasteiger partial charge in [-0.1, -0.05) is 37.0 Å². The van der Waals surface area contributed by atoms with E-state index < -0.39 is 0 Å². The van der Waals surface area contributed by atoms with Crippen molar-refractivity contribution in [1.29, 1.82) is 0 Å². The Kier molecular flexibility index (Phi) is 8.34. The summed E-state index contributed by atoms with van der Waals surface area (Å²) in [6.45, 7) is 4.03. The molecule has 7 rings (SSSR count). The molecule has 0 aromatic heterocycles. The molecular formula is C37H46O5. The molecule has 0 bridgehead atoms. The fourth-order valence-corrected chi connectivity index (χ4v) is 9.17. The molecule has 5 nitrogen and oxygen atoms in total. The number of aryl methyl sites for hydroxylation is 1. The van der Waals surface area contributed by atoms with Crippen LogP contribution in [0.3, 0.4) is 0 Å². The van der Waals surface area contributed by atoms with Gasteiger partial charge in [-0.05, 0) is 134 Å². The lowest BCUT2D eigenvalue weighted by atomic mass is 9.51. The summed E-state index contributed by atoms with van der Waals surface area (Å²) in [6, 6.07) is 15.7. The van der Waals surface area contributed by atoms with Gasteiger partial charge in [0.1, 0.15) is 12.4 Å². The van der Waals surface area contributed by atoms with E-state index >= 15 is 0 Å². The summed E-state index contributed by atoms with van der Waals surface area (Å²) < 4.78 is 25.1. The fraction of sp³-hybridized carbons (Fsp3) is 0.622. The number of ether oxygens (including phenoxy) is 4. The summed E-state index contributed by atoms with van der Waals surface area (Å²) >= 11 is 0. The van der Waals surface area contributed by atoms with Gasteiger partial charge >= 0.3 is 0 Å². The smallest absolute Gasteiger partial charge is 0.199 e. The first kappa shape index (κ1) is 28.4. The molecule has 4 fully saturated rings. The highest BCUT2D eigenvalue weighted by Crippen LogP contribution is 2.65. The minimum atomic E-state index is -0.118. The molecule has 1 N–H and O–H groups in total. The zero-order valence-corrected chi connectivity index (χ0v) is 25.1. The number of fused-ring (bicyclic) bond motifs is 5. The molecule has 2 heterocycles. The van der Waals surface area contributed by atoms with Crippen LogP contribution in [0, 0.1) is 29.1 Å². The molecule has 2 saturated carbocycles. The maximum absolute atomic E-state index is 9.17. The lowest BCUT2D eigenvalue weighted by Crippen LogP contribution is -2.48. The third-order valence-corrected chi connectivity index (χ3v) is 11.1. The van der Waals surface area contributed by atoms with Crippen molar-refractivity contribution in [3.8, 4) is 17.6 Å². The number of hydrogen-bond acceptors (Lipinski definition) is 5. The number of aliphatic hydroxyl groups excluding tert-OH is 1. The molecule has 0 radical (unpaired) electrons. The molecule has 2 aromatic rings. The highest BCUT2D eigenvalue weighted by molar-refractivity contribution is 5.45. The average molecular weight is 571 g/mol. The summed E-state index contributed by atoms with van der Waals surface area (Å²) in [5.74, 6) is 8.98. The van der Waals surface area contributed by atoms with Gasteiger partial charge in [0.2, 0.25) is 0 Å². The Morgan fingerprint density at radius 2 is 1.69 bits per heavy atom. The van der Waals surface area contributed by atoms with Crippen LogP contribution in [-0.4, -0.2) is 43.6 Å². The maximum Gasteiger partial charge on any atom is 0.199 e. The summed E-state index contributed by atoms with van der Waals surface area (Å²) in [5.41, 5.74) is 5.43. The lowest BCUT2D eigenvalue weighted by Gasteiger charge is -2.54. The second kappa shape index (κ2) is 12.3. The van der Waals surface area contributed by atoms with E-state index in [2.05, 4.69) is 61.2 Å². The Labute approximate surface area is 251 Å². The van der Waals surface area contributed by atoms with E-state index in [0.717, 1.165) is 69.5 Å². The molecular weight excluding hydrogens is 524 g/mol. The molecule has 224 valence electrons. The third-order valence-electron chi connectivity index (χ3n) is 11.1. The summed E-state index contributed by atoms with van der Waals surface area (Å²) in [7, 11) is 0. The van der Waals surface area contributed by atoms with E-state index in [1.807, 2.05) is 0 Å². The Balaban J connectivity index is 1.21. The van der Waals surface area contributed by atoms with E-state index in [1.54, 1.807) is 0 Å². The Hall–Kier alpha value is -2.36. The third kappa shape index (κ3) is 5.52. The monoisotopic (exact) mass is 570 g/mol. The minimum Gasteiger partial charge on any atom is -0.465 e. The maximum atomic E-state index is 9.17. The fourth-order valence-electron chi connectivity index (χ4n) is 9.17. The van der Waals surface area contributed by atoms with Crippen LogP contribution in [0.4, 0.5) is 0 Å². The van der Waals surface area contributed by atoms with Gasteiger partial charge < -0.3 is 24.1 Å². The average Bonchev–Trinajstić information content (AvgIpc) is 3.36. The summed E-state index contributed by atoms with van der Waals surface area (Å²) in [4.78, 5) is 0. The molecule has 5 unspecified atom stereocenters. The van der Waals surface area contributed by atoms with Crippen molar-refractivity contribution < 1.29 is 24.1 Å². The van der Waals surface area contributed by atoms with Crippen LogP contribution < -0.4 is 4.74 Å². The molecule has 0 spiro atoms. The van der Waals surface area contributed by atoms with Gasteiger partial charge in [-0.15, -0.1) is 0 Å². The number of aliphatic hydroxyl groups is 1. The van der Waals surface area contributed by atoms with Crippen LogP contribution in [0.15, 0.2) is 42.5 Å². The van der Waals surface area contributed by atoms with Crippen molar-refractivity contribution in [3.05, 3.63) is 64.7 Å². The normalized spacial score (nSPS) is 35.7. The second-order valence-corrected chi connectivity index (χ2v) is 13.5. The van der Waals surface area contributed by atoms with Crippen LogP contribution in [0.5, 0.6) is 5.75 Å². The van der Waals surface area contributed by atoms with Crippen molar-refractivity contribution in [2.24, 2.45) is 17.3 Å². The summed E-state index contributed by atoms with van der Waals surface area (Å²) in [6.07, 6.45) is 12.5. The highest BCUT2D eigenvalue weighted by Gasteiger charge is 2.59. The zero-order valence-electron chi connectivity index (χ0n) is 25.1. The molecule has 3 aliphatic carbocycles. The number of benzene rings is 2. The Bertz CT molecular complexity index is 1280. The topological polar surface area (TPSA) is 57.2 Å². The predicted octanol–water partition coefficient (Wildman–Crippen LogP) is 7.10. The van der Waals surface area contributed by atoms with Gasteiger partial charge in [-0.25, -0.2) is 0 Å². The molecule has 2 aliphatic heterocycles. The van der Waals surface area contributed by atoms with Crippen molar-refractivity contribution in [3.63, 3.8) is 0 Å². The van der Waals surface area contributed by atoms with Gasteiger partial charge in [0.05, 0.1) is 12.7 Å². The van der Waals surface area contributed by atoms with Crippen LogP contribution in [0.2, 0.25) is 0 Å². The van der Waals surface area contributed by atoms with Gasteiger partial charge in [-0.3, -0.25) is 0 Å². The molecule has 2 saturated heterocycles. The van der Waals surface area contributed by atoms with Crippen LogP contribution in [-0.2, 0) is 20.6 Å². The molecule has 5 heteroatoms. The first-order valence-electron chi connectivity index (χ1n) is 16.5. The minimum absolute atomic E-state index is 0.0430. The first-order valence-corrected chi connectivity index (χ1v) is 16.5. The van der Waals surface area contributed by atoms with Crippen molar-refractivity contribution in [1.82, 2.24) is 0 Å². The quantitative estimate of drug-likeness (QED) is 0.389. The van der Waals surface area contributed by atoms with Crippen molar-refractivity contribution in [2.75, 3.05) is 19.8 Å². The van der Waals surface area contributed by atoms with E-state index in [4.69, 9.17) is 24.1 Å². The number of rotatable bonds is 5.